The molecule has 0 aliphatic carbocycles. The van der Waals surface area contributed by atoms with Gasteiger partial charge in [0.1, 0.15) is 6.61 Å². The van der Waals surface area contributed by atoms with Gasteiger partial charge >= 0.3 is 5.97 Å². The van der Waals surface area contributed by atoms with Crippen molar-refractivity contribution in [2.24, 2.45) is 5.73 Å². The molecule has 0 bridgehead atoms. The van der Waals surface area contributed by atoms with Crippen LogP contribution >= 0.6 is 0 Å². The highest BCUT2D eigenvalue weighted by molar-refractivity contribution is 6.35. The molecule has 0 saturated carbocycles. The summed E-state index contributed by atoms with van der Waals surface area (Å²) in [6, 6.07) is 8.20. The number of carbonyl (C=O) groups is 2. The van der Waals surface area contributed by atoms with Gasteiger partial charge in [0.25, 0.3) is 5.78 Å². The Morgan fingerprint density at radius 1 is 1.30 bits per heavy atom. The Kier molecular flexibility index (Phi) is 4.62. The zero-order chi connectivity index (χ0) is 14.4. The van der Waals surface area contributed by atoms with Crippen LogP contribution in [0.5, 0.6) is 0 Å². The molecule has 1 aromatic carbocycles. The standard InChI is InChI=1S/C14H15N3O3/c15-12(6-11-7-16-9-17-11)13(18)14(19)20-8-10-4-2-1-3-5-10/h1-5,7,9,12H,6,8,15H2,(H,16,17)/t12-/m0/s1. The summed E-state index contributed by atoms with van der Waals surface area (Å²) in [5, 5.41) is 0. The molecule has 0 amide bonds. The van der Waals surface area contributed by atoms with Crippen LogP contribution in [0.25, 0.3) is 0 Å². The third kappa shape index (κ3) is 3.76. The minimum absolute atomic E-state index is 0.0577. The lowest BCUT2D eigenvalue weighted by molar-refractivity contribution is -0.155. The number of H-pyrrole nitrogens is 1. The van der Waals surface area contributed by atoms with Gasteiger partial charge in [0.05, 0.1) is 12.4 Å². The third-order valence-corrected chi connectivity index (χ3v) is 2.75. The van der Waals surface area contributed by atoms with Gasteiger partial charge in [-0.25, -0.2) is 9.78 Å². The maximum atomic E-state index is 11.8. The predicted octanol–water partition coefficient (Wildman–Crippen LogP) is 0.592. The number of ketones is 1. The van der Waals surface area contributed by atoms with Crippen LogP contribution in [-0.2, 0) is 27.4 Å². The SMILES string of the molecule is N[C@@H](Cc1cnc[nH]1)C(=O)C(=O)OCc1ccccc1. The molecule has 2 rings (SSSR count). The number of rotatable bonds is 6. The van der Waals surface area contributed by atoms with Crippen LogP contribution in [0.4, 0.5) is 0 Å². The number of ether oxygens (including phenoxy) is 1. The maximum Gasteiger partial charge on any atom is 0.376 e. The first-order valence-corrected chi connectivity index (χ1v) is 6.14. The van der Waals surface area contributed by atoms with Gasteiger partial charge in [-0.15, -0.1) is 0 Å². The Bertz CT molecular complexity index is 567. The van der Waals surface area contributed by atoms with Crippen molar-refractivity contribution in [3.63, 3.8) is 0 Å². The third-order valence-electron chi connectivity index (χ3n) is 2.75. The van der Waals surface area contributed by atoms with Crippen molar-refractivity contribution in [1.82, 2.24) is 9.97 Å². The van der Waals surface area contributed by atoms with E-state index in [0.29, 0.717) is 5.69 Å². The Labute approximate surface area is 116 Å². The van der Waals surface area contributed by atoms with E-state index in [-0.39, 0.29) is 13.0 Å². The molecular weight excluding hydrogens is 258 g/mol. The van der Waals surface area contributed by atoms with E-state index in [1.54, 1.807) is 6.20 Å². The molecule has 0 spiro atoms. The molecule has 1 heterocycles. The maximum absolute atomic E-state index is 11.8. The minimum atomic E-state index is -0.932. The minimum Gasteiger partial charge on any atom is -0.455 e. The van der Waals surface area contributed by atoms with E-state index < -0.39 is 17.8 Å². The van der Waals surface area contributed by atoms with Crippen LogP contribution in [0.15, 0.2) is 42.9 Å². The lowest BCUT2D eigenvalue weighted by Gasteiger charge is -2.09. The Balaban J connectivity index is 1.84. The van der Waals surface area contributed by atoms with Crippen molar-refractivity contribution in [1.29, 1.82) is 0 Å². The first-order chi connectivity index (χ1) is 9.66. The van der Waals surface area contributed by atoms with Crippen LogP contribution in [0.1, 0.15) is 11.3 Å². The number of nitrogens with two attached hydrogens (primary N) is 1. The average Bonchev–Trinajstić information content (AvgIpc) is 2.98. The average molecular weight is 273 g/mol. The smallest absolute Gasteiger partial charge is 0.376 e. The van der Waals surface area contributed by atoms with Gasteiger partial charge in [-0.2, -0.15) is 0 Å². The zero-order valence-corrected chi connectivity index (χ0v) is 10.8. The molecule has 0 fully saturated rings. The highest BCUT2D eigenvalue weighted by Gasteiger charge is 2.24. The van der Waals surface area contributed by atoms with Crippen LogP contribution < -0.4 is 5.73 Å². The number of hydrogen-bond donors (Lipinski definition) is 2. The van der Waals surface area contributed by atoms with Crippen molar-refractivity contribution >= 4 is 11.8 Å². The van der Waals surface area contributed by atoms with E-state index in [0.717, 1.165) is 5.56 Å². The summed E-state index contributed by atoms with van der Waals surface area (Å²) in [7, 11) is 0. The Hall–Kier alpha value is -2.47. The summed E-state index contributed by atoms with van der Waals surface area (Å²) < 4.78 is 4.94. The number of hydrogen-bond acceptors (Lipinski definition) is 5. The fourth-order valence-corrected chi connectivity index (χ4v) is 1.67. The number of benzene rings is 1. The van der Waals surface area contributed by atoms with E-state index in [2.05, 4.69) is 9.97 Å². The Morgan fingerprint density at radius 3 is 2.70 bits per heavy atom. The van der Waals surface area contributed by atoms with Crippen LogP contribution in [0.3, 0.4) is 0 Å². The lowest BCUT2D eigenvalue weighted by atomic mass is 10.1. The molecule has 20 heavy (non-hydrogen) atoms. The Morgan fingerprint density at radius 2 is 2.05 bits per heavy atom. The van der Waals surface area contributed by atoms with Crippen molar-refractivity contribution < 1.29 is 14.3 Å². The van der Waals surface area contributed by atoms with Crippen molar-refractivity contribution in [3.05, 3.63) is 54.1 Å². The molecule has 2 aromatic rings. The van der Waals surface area contributed by atoms with E-state index >= 15 is 0 Å². The summed E-state index contributed by atoms with van der Waals surface area (Å²) in [6.45, 7) is 0.0577. The first-order valence-electron chi connectivity index (χ1n) is 6.14. The molecular formula is C14H15N3O3. The summed E-state index contributed by atoms with van der Waals surface area (Å²) in [5.41, 5.74) is 7.19. The number of Topliss-reactive ketones (excluding diaryl/α,β-unsaturated/α-hetero) is 1. The molecule has 0 radical (unpaired) electrons. The van der Waals surface area contributed by atoms with E-state index in [9.17, 15) is 9.59 Å². The number of esters is 1. The van der Waals surface area contributed by atoms with Gasteiger partial charge in [-0.05, 0) is 5.56 Å². The second kappa shape index (κ2) is 6.63. The molecule has 104 valence electrons. The zero-order valence-electron chi connectivity index (χ0n) is 10.8. The summed E-state index contributed by atoms with van der Waals surface area (Å²) in [4.78, 5) is 30.0. The summed E-state index contributed by atoms with van der Waals surface area (Å²) >= 11 is 0. The highest BCUT2D eigenvalue weighted by Crippen LogP contribution is 2.03. The van der Waals surface area contributed by atoms with Crippen LogP contribution in [-0.4, -0.2) is 27.8 Å². The molecule has 0 unspecified atom stereocenters. The van der Waals surface area contributed by atoms with Gasteiger partial charge in [-0.1, -0.05) is 30.3 Å². The van der Waals surface area contributed by atoms with Gasteiger partial charge in [0, 0.05) is 18.3 Å². The van der Waals surface area contributed by atoms with E-state index in [1.165, 1.54) is 6.33 Å². The van der Waals surface area contributed by atoms with Crippen molar-refractivity contribution in [2.75, 3.05) is 0 Å². The first kappa shape index (κ1) is 14.0. The number of imidazole rings is 1. The second-order valence-corrected chi connectivity index (χ2v) is 4.31. The quantitative estimate of drug-likeness (QED) is 0.593. The monoisotopic (exact) mass is 273 g/mol. The molecule has 1 aromatic heterocycles. The van der Waals surface area contributed by atoms with Gasteiger partial charge < -0.3 is 15.5 Å². The number of aromatic amines is 1. The van der Waals surface area contributed by atoms with Crippen molar-refractivity contribution in [3.8, 4) is 0 Å². The number of nitrogens with zero attached hydrogens (tertiary/aromatic N) is 1. The number of carbonyl (C=O) groups excluding carboxylic acids is 2. The molecule has 0 aliphatic heterocycles. The summed E-state index contributed by atoms with van der Waals surface area (Å²) in [5.74, 6) is -1.66. The van der Waals surface area contributed by atoms with Crippen LogP contribution in [0, 0.1) is 0 Å². The molecule has 6 heteroatoms. The summed E-state index contributed by atoms with van der Waals surface area (Å²) in [6.07, 6.45) is 3.27. The van der Waals surface area contributed by atoms with E-state index in [4.69, 9.17) is 10.5 Å². The largest absolute Gasteiger partial charge is 0.455 e. The molecule has 0 aliphatic rings. The molecule has 0 saturated heterocycles. The predicted molar refractivity (Wildman–Crippen MR) is 71.5 cm³/mol. The van der Waals surface area contributed by atoms with Gasteiger partial charge in [0.2, 0.25) is 0 Å². The fraction of sp³-hybridized carbons (Fsp3) is 0.214. The van der Waals surface area contributed by atoms with Crippen molar-refractivity contribution in [2.45, 2.75) is 19.1 Å². The lowest BCUT2D eigenvalue weighted by Crippen LogP contribution is -2.38. The topological polar surface area (TPSA) is 98.1 Å². The number of aromatic nitrogens is 2. The molecule has 3 N–H and O–H groups in total. The highest BCUT2D eigenvalue weighted by atomic mass is 16.5. The van der Waals surface area contributed by atoms with Gasteiger partial charge in [-0.3, -0.25) is 4.79 Å². The van der Waals surface area contributed by atoms with Gasteiger partial charge in [0.15, 0.2) is 0 Å². The molecule has 1 atom stereocenters. The molecule has 6 nitrogen and oxygen atoms in total. The number of nitrogens with one attached hydrogen (secondary N) is 1. The van der Waals surface area contributed by atoms with E-state index in [1.807, 2.05) is 30.3 Å². The second-order valence-electron chi connectivity index (χ2n) is 4.31. The van der Waals surface area contributed by atoms with Crippen LogP contribution in [0.2, 0.25) is 0 Å². The normalized spacial score (nSPS) is 11.8. The fourth-order valence-electron chi connectivity index (χ4n) is 1.67.